The van der Waals surface area contributed by atoms with Crippen molar-refractivity contribution in [3.8, 4) is 17.0 Å². The Labute approximate surface area is 97.1 Å². The second kappa shape index (κ2) is 4.25. The van der Waals surface area contributed by atoms with Gasteiger partial charge in [0.2, 0.25) is 0 Å². The lowest BCUT2D eigenvalue weighted by Crippen LogP contribution is -2.09. The maximum Gasteiger partial charge on any atom is 0.356 e. The number of carbonyl (C=O) groups is 1. The summed E-state index contributed by atoms with van der Waals surface area (Å²) in [6, 6.07) is 6.16. The smallest absolute Gasteiger partial charge is 0.356 e. The zero-order valence-corrected chi connectivity index (χ0v) is 9.16. The third kappa shape index (κ3) is 1.96. The van der Waals surface area contributed by atoms with Crippen LogP contribution >= 0.6 is 0 Å². The van der Waals surface area contributed by atoms with Gasteiger partial charge >= 0.3 is 5.97 Å². The van der Waals surface area contributed by atoms with Gasteiger partial charge in [-0.1, -0.05) is 5.21 Å². The maximum atomic E-state index is 11.2. The largest absolute Gasteiger partial charge is 0.508 e. The number of aromatic hydroxyl groups is 1. The van der Waals surface area contributed by atoms with Crippen LogP contribution in [0.4, 0.5) is 0 Å². The maximum absolute atomic E-state index is 11.2. The number of hydrogen-bond acceptors (Lipinski definition) is 4. The van der Waals surface area contributed by atoms with Gasteiger partial charge < -0.3 is 10.2 Å². The first-order valence-electron chi connectivity index (χ1n) is 5.09. The molecule has 2 aromatic rings. The van der Waals surface area contributed by atoms with Crippen LogP contribution in [0.25, 0.3) is 11.3 Å². The molecule has 6 nitrogen and oxygen atoms in total. The molecule has 2 rings (SSSR count). The molecule has 0 saturated heterocycles. The number of aryl methyl sites for hydroxylation is 1. The van der Waals surface area contributed by atoms with Crippen LogP contribution < -0.4 is 0 Å². The zero-order valence-electron chi connectivity index (χ0n) is 9.16. The first-order valence-corrected chi connectivity index (χ1v) is 5.09. The monoisotopic (exact) mass is 233 g/mol. The number of rotatable bonds is 3. The number of aromatic carboxylic acids is 1. The fourth-order valence-corrected chi connectivity index (χ4v) is 1.56. The van der Waals surface area contributed by atoms with Crippen molar-refractivity contribution < 1.29 is 15.0 Å². The van der Waals surface area contributed by atoms with Crippen molar-refractivity contribution in [1.29, 1.82) is 0 Å². The SMILES string of the molecule is CCn1nnc(-c2ccc(O)cc2)c1C(=O)O. The predicted molar refractivity (Wildman–Crippen MR) is 59.8 cm³/mol. The Morgan fingerprint density at radius 3 is 2.53 bits per heavy atom. The molecule has 0 aliphatic heterocycles. The molecule has 2 N–H and O–H groups in total. The van der Waals surface area contributed by atoms with E-state index in [1.165, 1.54) is 16.8 Å². The van der Waals surface area contributed by atoms with Crippen molar-refractivity contribution in [2.45, 2.75) is 13.5 Å². The van der Waals surface area contributed by atoms with Crippen molar-refractivity contribution in [2.75, 3.05) is 0 Å². The summed E-state index contributed by atoms with van der Waals surface area (Å²) in [6.45, 7) is 2.23. The summed E-state index contributed by atoms with van der Waals surface area (Å²) in [7, 11) is 0. The topological polar surface area (TPSA) is 88.2 Å². The predicted octanol–water partition coefficient (Wildman–Crippen LogP) is 1.37. The van der Waals surface area contributed by atoms with Crippen LogP contribution in [0, 0.1) is 0 Å². The van der Waals surface area contributed by atoms with Crippen LogP contribution in [0.3, 0.4) is 0 Å². The highest BCUT2D eigenvalue weighted by Gasteiger charge is 2.19. The van der Waals surface area contributed by atoms with Gasteiger partial charge in [-0.05, 0) is 31.2 Å². The first kappa shape index (κ1) is 11.1. The van der Waals surface area contributed by atoms with Gasteiger partial charge in [0.05, 0.1) is 0 Å². The Balaban J connectivity index is 2.55. The van der Waals surface area contributed by atoms with Gasteiger partial charge in [0.1, 0.15) is 11.4 Å². The molecule has 0 bridgehead atoms. The minimum atomic E-state index is -1.07. The number of aromatic nitrogens is 3. The van der Waals surface area contributed by atoms with Crippen LogP contribution in [-0.2, 0) is 6.54 Å². The number of nitrogens with zero attached hydrogens (tertiary/aromatic N) is 3. The van der Waals surface area contributed by atoms with Crippen LogP contribution in [-0.4, -0.2) is 31.2 Å². The standard InChI is InChI=1S/C11H11N3O3/c1-2-14-10(11(16)17)9(12-13-14)7-3-5-8(15)6-4-7/h3-6,15H,2H2,1H3,(H,16,17). The summed E-state index contributed by atoms with van der Waals surface area (Å²) in [5, 5.41) is 25.9. The lowest BCUT2D eigenvalue weighted by molar-refractivity contribution is 0.0684. The molecule has 0 radical (unpaired) electrons. The molecule has 0 amide bonds. The van der Waals surface area contributed by atoms with E-state index in [1.54, 1.807) is 19.1 Å². The average molecular weight is 233 g/mol. The summed E-state index contributed by atoms with van der Waals surface area (Å²) < 4.78 is 1.32. The van der Waals surface area contributed by atoms with E-state index in [4.69, 9.17) is 5.11 Å². The van der Waals surface area contributed by atoms with E-state index in [9.17, 15) is 9.90 Å². The molecule has 6 heteroatoms. The zero-order chi connectivity index (χ0) is 12.4. The van der Waals surface area contributed by atoms with Gasteiger partial charge in [0.25, 0.3) is 0 Å². The van der Waals surface area contributed by atoms with Crippen LogP contribution in [0.2, 0.25) is 0 Å². The van der Waals surface area contributed by atoms with Crippen molar-refractivity contribution >= 4 is 5.97 Å². The summed E-state index contributed by atoms with van der Waals surface area (Å²) in [5.74, 6) is -0.951. The average Bonchev–Trinajstić information content (AvgIpc) is 2.73. The molecule has 0 atom stereocenters. The van der Waals surface area contributed by atoms with E-state index in [1.807, 2.05) is 0 Å². The third-order valence-corrected chi connectivity index (χ3v) is 2.38. The Hall–Kier alpha value is -2.37. The molecule has 1 aromatic carbocycles. The molecule has 0 fully saturated rings. The molecule has 0 aliphatic rings. The van der Waals surface area contributed by atoms with Gasteiger partial charge in [-0.15, -0.1) is 5.10 Å². The van der Waals surface area contributed by atoms with Crippen molar-refractivity contribution in [3.63, 3.8) is 0 Å². The highest BCUT2D eigenvalue weighted by molar-refractivity contribution is 5.92. The van der Waals surface area contributed by atoms with E-state index in [2.05, 4.69) is 10.3 Å². The Bertz CT molecular complexity index is 546. The fourth-order valence-electron chi connectivity index (χ4n) is 1.56. The molecule has 0 unspecified atom stereocenters. The first-order chi connectivity index (χ1) is 8.13. The molecule has 0 spiro atoms. The minimum absolute atomic E-state index is 0.0539. The molecule has 1 aromatic heterocycles. The minimum Gasteiger partial charge on any atom is -0.508 e. The molecule has 17 heavy (non-hydrogen) atoms. The number of carboxylic acid groups (broad SMARTS) is 1. The van der Waals surface area contributed by atoms with Gasteiger partial charge in [-0.3, -0.25) is 0 Å². The molecule has 1 heterocycles. The Kier molecular flexibility index (Phi) is 2.78. The lowest BCUT2D eigenvalue weighted by atomic mass is 10.1. The second-order valence-electron chi connectivity index (χ2n) is 3.45. The fraction of sp³-hybridized carbons (Fsp3) is 0.182. The van der Waals surface area contributed by atoms with Gasteiger partial charge in [0.15, 0.2) is 5.69 Å². The number of hydrogen-bond donors (Lipinski definition) is 2. The summed E-state index contributed by atoms with van der Waals surface area (Å²) >= 11 is 0. The molecule has 0 aliphatic carbocycles. The molecule has 0 saturated carbocycles. The van der Waals surface area contributed by atoms with E-state index in [-0.39, 0.29) is 11.4 Å². The van der Waals surface area contributed by atoms with E-state index >= 15 is 0 Å². The molecular formula is C11H11N3O3. The molecule has 88 valence electrons. The molecular weight excluding hydrogens is 222 g/mol. The van der Waals surface area contributed by atoms with Gasteiger partial charge in [0, 0.05) is 12.1 Å². The summed E-state index contributed by atoms with van der Waals surface area (Å²) in [5.41, 5.74) is 0.970. The second-order valence-corrected chi connectivity index (χ2v) is 3.45. The summed E-state index contributed by atoms with van der Waals surface area (Å²) in [4.78, 5) is 11.2. The van der Waals surface area contributed by atoms with Crippen molar-refractivity contribution in [1.82, 2.24) is 15.0 Å². The quantitative estimate of drug-likeness (QED) is 0.835. The van der Waals surface area contributed by atoms with Crippen LogP contribution in [0.5, 0.6) is 5.75 Å². The van der Waals surface area contributed by atoms with Gasteiger partial charge in [-0.2, -0.15) is 0 Å². The van der Waals surface area contributed by atoms with Gasteiger partial charge in [-0.25, -0.2) is 9.48 Å². The number of carboxylic acids is 1. The lowest BCUT2D eigenvalue weighted by Gasteiger charge is -2.01. The Morgan fingerprint density at radius 2 is 2.00 bits per heavy atom. The number of benzene rings is 1. The van der Waals surface area contributed by atoms with Crippen molar-refractivity contribution in [3.05, 3.63) is 30.0 Å². The highest BCUT2D eigenvalue weighted by atomic mass is 16.4. The van der Waals surface area contributed by atoms with E-state index in [0.29, 0.717) is 17.8 Å². The van der Waals surface area contributed by atoms with Crippen molar-refractivity contribution in [2.24, 2.45) is 0 Å². The van der Waals surface area contributed by atoms with E-state index in [0.717, 1.165) is 0 Å². The van der Waals surface area contributed by atoms with Crippen LogP contribution in [0.15, 0.2) is 24.3 Å². The highest BCUT2D eigenvalue weighted by Crippen LogP contribution is 2.23. The number of phenols is 1. The summed E-state index contributed by atoms with van der Waals surface area (Å²) in [6.07, 6.45) is 0. The number of phenolic OH excluding ortho intramolecular Hbond substituents is 1. The Morgan fingerprint density at radius 1 is 1.35 bits per heavy atom. The van der Waals surface area contributed by atoms with E-state index < -0.39 is 5.97 Å². The van der Waals surface area contributed by atoms with Crippen LogP contribution in [0.1, 0.15) is 17.4 Å². The normalized spacial score (nSPS) is 10.4. The third-order valence-electron chi connectivity index (χ3n) is 2.38.